The van der Waals surface area contributed by atoms with E-state index in [1.54, 1.807) is 0 Å². The van der Waals surface area contributed by atoms with Gasteiger partial charge >= 0.3 is 5.97 Å². The summed E-state index contributed by atoms with van der Waals surface area (Å²) in [6.07, 6.45) is 10.9. The van der Waals surface area contributed by atoms with E-state index in [4.69, 9.17) is 34.2 Å². The second-order valence-electron chi connectivity index (χ2n) is 13.5. The molecule has 0 spiro atoms. The van der Waals surface area contributed by atoms with Crippen molar-refractivity contribution in [2.75, 3.05) is 5.84 Å². The van der Waals surface area contributed by atoms with E-state index in [9.17, 15) is 19.2 Å². The minimum absolute atomic E-state index is 0.0185. The number of carboxylic acids is 1. The topological polar surface area (TPSA) is 150 Å². The van der Waals surface area contributed by atoms with E-state index in [2.05, 4.69) is 9.97 Å². The highest BCUT2D eigenvalue weighted by Gasteiger charge is 2.24. The Bertz CT molecular complexity index is 2420. The zero-order chi connectivity index (χ0) is 37.8. The van der Waals surface area contributed by atoms with Crippen LogP contribution in [0.25, 0.3) is 42.7 Å². The standard InChI is InChI=1S/C20H19ClN2O2S.C13H10ClN3OS.C6H10O2/c1-12-8-14(6-7-16(12)21)15-10-26-19-18(15)20(25)23(11-22-19)9-17(24)13-4-2-3-5-13;1-7-4-8(2-3-10(7)14)9-5-19-12-11(9)13(18)17(15)6-16-12;7-6(8)5-3-1-2-4-5/h6-8,10-11,13H,2-5,9H2,1H3;2-6H,15H2,1H3;5H,1-4H2,(H,7,8). The van der Waals surface area contributed by atoms with Crippen molar-refractivity contribution in [2.45, 2.75) is 71.8 Å². The molecule has 3 N–H and O–H groups in total. The van der Waals surface area contributed by atoms with Gasteiger partial charge in [0.1, 0.15) is 16.0 Å². The molecule has 276 valence electrons. The van der Waals surface area contributed by atoms with Crippen LogP contribution in [0.4, 0.5) is 0 Å². The molecular formula is C39H39Cl2N5O5S2. The van der Waals surface area contributed by atoms with E-state index >= 15 is 0 Å². The van der Waals surface area contributed by atoms with Crippen molar-refractivity contribution in [3.05, 3.63) is 102 Å². The molecule has 0 unspecified atom stereocenters. The number of halogens is 2. The smallest absolute Gasteiger partial charge is 0.306 e. The van der Waals surface area contributed by atoms with Crippen LogP contribution in [0, 0.1) is 25.7 Å². The first-order chi connectivity index (χ1) is 25.4. The molecule has 2 saturated carbocycles. The molecule has 0 amide bonds. The van der Waals surface area contributed by atoms with Crippen molar-refractivity contribution in [1.29, 1.82) is 0 Å². The first kappa shape index (κ1) is 38.4. The largest absolute Gasteiger partial charge is 0.481 e. The Hall–Kier alpha value is -4.36. The van der Waals surface area contributed by atoms with Gasteiger partial charge in [0.25, 0.3) is 11.1 Å². The molecule has 2 aliphatic carbocycles. The van der Waals surface area contributed by atoms with E-state index < -0.39 is 5.97 Å². The van der Waals surface area contributed by atoms with Crippen LogP contribution in [0.5, 0.6) is 0 Å². The van der Waals surface area contributed by atoms with Crippen molar-refractivity contribution in [3.63, 3.8) is 0 Å². The number of carboxylic acid groups (broad SMARTS) is 1. The fourth-order valence-corrected chi connectivity index (χ4v) is 8.84. The van der Waals surface area contributed by atoms with E-state index in [0.717, 1.165) is 89.4 Å². The lowest BCUT2D eigenvalue weighted by Crippen LogP contribution is -2.27. The van der Waals surface area contributed by atoms with Crippen LogP contribution in [0.1, 0.15) is 62.5 Å². The van der Waals surface area contributed by atoms with Crippen LogP contribution in [0.15, 0.2) is 69.4 Å². The monoisotopic (exact) mass is 791 g/mol. The van der Waals surface area contributed by atoms with E-state index in [-0.39, 0.29) is 35.3 Å². The Kier molecular flexibility index (Phi) is 12.1. The summed E-state index contributed by atoms with van der Waals surface area (Å²) in [5, 5.41) is 14.8. The number of hydrogen-bond acceptors (Lipinski definition) is 9. The molecule has 4 aromatic heterocycles. The lowest BCUT2D eigenvalue weighted by atomic mass is 10.0. The maximum Gasteiger partial charge on any atom is 0.306 e. The van der Waals surface area contributed by atoms with Gasteiger partial charge in [-0.15, -0.1) is 22.7 Å². The minimum atomic E-state index is -0.609. The number of benzene rings is 2. The van der Waals surface area contributed by atoms with Crippen molar-refractivity contribution in [1.82, 2.24) is 19.2 Å². The summed E-state index contributed by atoms with van der Waals surface area (Å²) in [5.74, 6) is 5.18. The minimum Gasteiger partial charge on any atom is -0.481 e. The number of Topliss-reactive ketones (excluding diaryl/α,β-unsaturated/α-hetero) is 1. The molecule has 2 aliphatic rings. The van der Waals surface area contributed by atoms with Gasteiger partial charge in [-0.3, -0.25) is 23.7 Å². The normalized spacial score (nSPS) is 14.6. The van der Waals surface area contributed by atoms with Crippen molar-refractivity contribution < 1.29 is 14.7 Å². The Morgan fingerprint density at radius 2 is 1.25 bits per heavy atom. The Balaban J connectivity index is 0.000000155. The molecule has 6 aromatic rings. The molecule has 0 radical (unpaired) electrons. The summed E-state index contributed by atoms with van der Waals surface area (Å²) in [5.41, 5.74) is 5.12. The van der Waals surface area contributed by atoms with Gasteiger partial charge in [0.15, 0.2) is 5.78 Å². The third-order valence-electron chi connectivity index (χ3n) is 9.86. The highest BCUT2D eigenvalue weighted by Crippen LogP contribution is 2.34. The number of fused-ring (bicyclic) bond motifs is 2. The van der Waals surface area contributed by atoms with E-state index in [0.29, 0.717) is 30.5 Å². The zero-order valence-electron chi connectivity index (χ0n) is 29.3. The van der Waals surface area contributed by atoms with Gasteiger partial charge in [0, 0.05) is 37.9 Å². The number of ketones is 1. The number of nitrogens with zero attached hydrogens (tertiary/aromatic N) is 4. The van der Waals surface area contributed by atoms with Crippen molar-refractivity contribution in [3.8, 4) is 22.3 Å². The SMILES string of the molecule is Cc1cc(-c2csc3ncn(CC(=O)C4CCCC4)c(=O)c23)ccc1Cl.Cc1cc(-c2csc3ncn(N)c(=O)c23)ccc1Cl.O=C(O)C1CCCC1. The lowest BCUT2D eigenvalue weighted by molar-refractivity contribution is -0.141. The fraction of sp³-hybridized carbons (Fsp3) is 0.333. The number of hydrogen-bond donors (Lipinski definition) is 2. The molecule has 14 heteroatoms. The number of carbonyl (C=O) groups excluding carboxylic acids is 1. The molecule has 2 fully saturated rings. The van der Waals surface area contributed by atoms with Crippen LogP contribution in [0.2, 0.25) is 10.0 Å². The van der Waals surface area contributed by atoms with Gasteiger partial charge in [0.2, 0.25) is 0 Å². The third kappa shape index (κ3) is 8.56. The highest BCUT2D eigenvalue weighted by atomic mass is 35.5. The van der Waals surface area contributed by atoms with Crippen molar-refractivity contribution >= 4 is 78.1 Å². The van der Waals surface area contributed by atoms with Crippen molar-refractivity contribution in [2.24, 2.45) is 11.8 Å². The average Bonchev–Trinajstić information content (AvgIpc) is 3.98. The summed E-state index contributed by atoms with van der Waals surface area (Å²) < 4.78 is 2.46. The van der Waals surface area contributed by atoms with Gasteiger partial charge in [-0.1, -0.05) is 61.0 Å². The van der Waals surface area contributed by atoms with Crippen LogP contribution in [0.3, 0.4) is 0 Å². The predicted octanol–water partition coefficient (Wildman–Crippen LogP) is 8.91. The van der Waals surface area contributed by atoms with Crippen LogP contribution < -0.4 is 17.0 Å². The van der Waals surface area contributed by atoms with E-state index in [1.807, 2.05) is 61.0 Å². The summed E-state index contributed by atoms with van der Waals surface area (Å²) in [6, 6.07) is 11.4. The first-order valence-corrected chi connectivity index (χ1v) is 19.9. The Morgan fingerprint density at radius 3 is 1.72 bits per heavy atom. The second-order valence-corrected chi connectivity index (χ2v) is 16.0. The van der Waals surface area contributed by atoms with Gasteiger partial charge in [-0.25, -0.2) is 14.6 Å². The summed E-state index contributed by atoms with van der Waals surface area (Å²) in [7, 11) is 0. The number of nitrogens with two attached hydrogens (primary N) is 1. The Morgan fingerprint density at radius 1 is 0.774 bits per heavy atom. The number of rotatable bonds is 6. The third-order valence-corrected chi connectivity index (χ3v) is 12.5. The molecule has 0 bridgehead atoms. The number of carbonyl (C=O) groups is 2. The molecule has 10 nitrogen and oxygen atoms in total. The fourth-order valence-electron chi connectivity index (χ4n) is 6.79. The molecule has 8 rings (SSSR count). The predicted molar refractivity (Wildman–Crippen MR) is 215 cm³/mol. The molecule has 4 heterocycles. The van der Waals surface area contributed by atoms with Crippen LogP contribution >= 0.6 is 45.9 Å². The highest BCUT2D eigenvalue weighted by molar-refractivity contribution is 7.17. The molecule has 0 aliphatic heterocycles. The number of nitrogen functional groups attached to an aromatic ring is 1. The molecule has 0 saturated heterocycles. The summed E-state index contributed by atoms with van der Waals surface area (Å²) >= 11 is 15.0. The maximum absolute atomic E-state index is 13.0. The number of aliphatic carboxylic acids is 1. The summed E-state index contributed by atoms with van der Waals surface area (Å²) in [4.78, 5) is 57.8. The van der Waals surface area contributed by atoms with E-state index in [1.165, 1.54) is 39.9 Å². The second kappa shape index (κ2) is 16.8. The van der Waals surface area contributed by atoms with Crippen LogP contribution in [-0.4, -0.2) is 36.1 Å². The quantitative estimate of drug-likeness (QED) is 0.159. The maximum atomic E-state index is 13.0. The lowest BCUT2D eigenvalue weighted by Gasteiger charge is -2.10. The van der Waals surface area contributed by atoms with Gasteiger partial charge in [-0.2, -0.15) is 0 Å². The number of thiophene rings is 2. The molecule has 53 heavy (non-hydrogen) atoms. The molecular weight excluding hydrogens is 753 g/mol. The average molecular weight is 793 g/mol. The van der Waals surface area contributed by atoms with Gasteiger partial charge in [0.05, 0.1) is 29.6 Å². The number of aryl methyl sites for hydroxylation is 2. The Labute approximate surface area is 323 Å². The first-order valence-electron chi connectivity index (χ1n) is 17.4. The summed E-state index contributed by atoms with van der Waals surface area (Å²) in [6.45, 7) is 3.98. The van der Waals surface area contributed by atoms with Crippen LogP contribution in [-0.2, 0) is 16.1 Å². The number of aromatic nitrogens is 4. The molecule has 0 atom stereocenters. The molecule has 2 aromatic carbocycles. The zero-order valence-corrected chi connectivity index (χ0v) is 32.5. The van der Waals surface area contributed by atoms with Gasteiger partial charge < -0.3 is 10.9 Å². The van der Waals surface area contributed by atoms with Gasteiger partial charge in [-0.05, 0) is 86.1 Å².